The smallest absolute Gasteiger partial charge is 0.276 e. The monoisotopic (exact) mass is 423 g/mol. The number of ether oxygens (including phenoxy) is 2. The molecule has 0 aromatic heterocycles. The van der Waals surface area contributed by atoms with Crippen molar-refractivity contribution in [3.63, 3.8) is 0 Å². The fourth-order valence-corrected chi connectivity index (χ4v) is 4.40. The van der Waals surface area contributed by atoms with Crippen molar-refractivity contribution in [2.24, 2.45) is 10.8 Å². The molecule has 0 spiro atoms. The average Bonchev–Trinajstić information content (AvgIpc) is 2.71. The number of hydrogen-bond acceptors (Lipinski definition) is 8. The van der Waals surface area contributed by atoms with E-state index in [1.165, 1.54) is 20.3 Å². The summed E-state index contributed by atoms with van der Waals surface area (Å²) in [5.41, 5.74) is -2.86. The van der Waals surface area contributed by atoms with Gasteiger partial charge < -0.3 is 14.6 Å². The van der Waals surface area contributed by atoms with Crippen LogP contribution < -0.4 is 9.47 Å². The molecular formula is C22H21N3O6. The van der Waals surface area contributed by atoms with E-state index in [9.17, 15) is 30.5 Å². The molecule has 1 aromatic rings. The number of allylic oxidation sites excluding steroid dienone is 4. The quantitative estimate of drug-likeness (QED) is 0.567. The van der Waals surface area contributed by atoms with Gasteiger partial charge in [0, 0.05) is 24.3 Å². The van der Waals surface area contributed by atoms with E-state index in [0.29, 0.717) is 0 Å². The summed E-state index contributed by atoms with van der Waals surface area (Å²) in [4.78, 5) is 24.0. The number of benzene rings is 1. The summed E-state index contributed by atoms with van der Waals surface area (Å²) in [6.45, 7) is 3.57. The third kappa shape index (κ3) is 3.28. The van der Waals surface area contributed by atoms with Crippen LogP contribution >= 0.6 is 0 Å². The number of nitro benzene ring substituents is 1. The van der Waals surface area contributed by atoms with Crippen LogP contribution in [0.15, 0.2) is 35.1 Å². The molecule has 2 aliphatic rings. The summed E-state index contributed by atoms with van der Waals surface area (Å²) in [5, 5.41) is 42.9. The molecule has 160 valence electrons. The first-order valence-corrected chi connectivity index (χ1v) is 9.47. The van der Waals surface area contributed by atoms with E-state index in [4.69, 9.17) is 9.47 Å². The van der Waals surface area contributed by atoms with Gasteiger partial charge in [0.25, 0.3) is 5.69 Å². The third-order valence-corrected chi connectivity index (χ3v) is 5.79. The van der Waals surface area contributed by atoms with Gasteiger partial charge in [0.05, 0.1) is 42.9 Å². The van der Waals surface area contributed by atoms with Crippen molar-refractivity contribution < 1.29 is 24.3 Å². The molecule has 1 N–H and O–H groups in total. The minimum atomic E-state index is -1.92. The molecule has 0 bridgehead atoms. The molecule has 0 saturated heterocycles. The molecule has 9 nitrogen and oxygen atoms in total. The number of aliphatic hydroxyl groups excluding tert-OH is 1. The Hall–Kier alpha value is -3.85. The fraction of sp³-hybridized carbons (Fsp3) is 0.409. The van der Waals surface area contributed by atoms with E-state index >= 15 is 0 Å². The number of rotatable bonds is 4. The first-order valence-electron chi connectivity index (χ1n) is 9.47. The van der Waals surface area contributed by atoms with E-state index in [2.05, 4.69) is 0 Å². The Morgan fingerprint density at radius 2 is 1.77 bits per heavy atom. The van der Waals surface area contributed by atoms with Crippen LogP contribution in [0.5, 0.6) is 11.5 Å². The lowest BCUT2D eigenvalue weighted by Crippen LogP contribution is -2.39. The van der Waals surface area contributed by atoms with E-state index < -0.39 is 21.7 Å². The van der Waals surface area contributed by atoms with Crippen molar-refractivity contribution in [3.8, 4) is 23.6 Å². The van der Waals surface area contributed by atoms with Crippen LogP contribution in [0, 0.1) is 43.6 Å². The molecule has 0 fully saturated rings. The van der Waals surface area contributed by atoms with Crippen LogP contribution in [0.2, 0.25) is 0 Å². The number of nitro groups is 1. The Kier molecular flexibility index (Phi) is 5.24. The lowest BCUT2D eigenvalue weighted by Gasteiger charge is -2.41. The molecule has 31 heavy (non-hydrogen) atoms. The maximum atomic E-state index is 12.8. The van der Waals surface area contributed by atoms with Gasteiger partial charge in [0.1, 0.15) is 5.76 Å². The van der Waals surface area contributed by atoms with E-state index in [1.54, 1.807) is 19.9 Å². The van der Waals surface area contributed by atoms with Gasteiger partial charge in [-0.2, -0.15) is 10.5 Å². The first kappa shape index (κ1) is 21.8. The lowest BCUT2D eigenvalue weighted by molar-refractivity contribution is -0.385. The Bertz CT molecular complexity index is 1120. The average molecular weight is 423 g/mol. The molecule has 1 atom stereocenters. The Balaban J connectivity index is 2.39. The number of nitrogens with zero attached hydrogens (tertiary/aromatic N) is 3. The van der Waals surface area contributed by atoms with Crippen LogP contribution in [0.3, 0.4) is 0 Å². The second-order valence-corrected chi connectivity index (χ2v) is 8.28. The van der Waals surface area contributed by atoms with E-state index in [0.717, 1.165) is 6.07 Å². The second-order valence-electron chi connectivity index (χ2n) is 8.28. The standard InChI is InChI=1S/C22H21N3O6/c1-21(2)8-14-20(17(27)9-21)16(26)6-13(22(14,10-23)11-24)12-5-18(30-3)19(31-4)7-15(12)25(28)29/h5,7-8,13,26H,6,9H2,1-4H3. The zero-order valence-electron chi connectivity index (χ0n) is 17.6. The highest BCUT2D eigenvalue weighted by atomic mass is 16.6. The number of ketones is 1. The minimum Gasteiger partial charge on any atom is -0.512 e. The molecule has 1 unspecified atom stereocenters. The predicted octanol–water partition coefficient (Wildman–Crippen LogP) is 3.87. The SMILES string of the molecule is COc1cc(C2CC(O)=C3C(=O)CC(C)(C)C=C3C2(C#N)C#N)c([N+](=O)[O-])cc1OC. The Morgan fingerprint density at radius 3 is 2.29 bits per heavy atom. The number of methoxy groups -OCH3 is 2. The summed E-state index contributed by atoms with van der Waals surface area (Å²) >= 11 is 0. The van der Waals surface area contributed by atoms with Crippen molar-refractivity contribution in [1.82, 2.24) is 0 Å². The molecule has 9 heteroatoms. The number of carbonyl (C=O) groups excluding carboxylic acids is 1. The highest BCUT2D eigenvalue weighted by Crippen LogP contribution is 2.57. The van der Waals surface area contributed by atoms with Crippen LogP contribution in [0.25, 0.3) is 0 Å². The highest BCUT2D eigenvalue weighted by molar-refractivity contribution is 6.03. The third-order valence-electron chi connectivity index (χ3n) is 5.79. The Morgan fingerprint density at radius 1 is 1.19 bits per heavy atom. The van der Waals surface area contributed by atoms with Gasteiger partial charge >= 0.3 is 0 Å². The molecule has 2 aliphatic carbocycles. The maximum Gasteiger partial charge on any atom is 0.276 e. The minimum absolute atomic E-state index is 0.0353. The summed E-state index contributed by atoms with van der Waals surface area (Å²) < 4.78 is 10.4. The van der Waals surface area contributed by atoms with Gasteiger partial charge in [-0.1, -0.05) is 19.9 Å². The largest absolute Gasteiger partial charge is 0.512 e. The summed E-state index contributed by atoms with van der Waals surface area (Å²) in [5.74, 6) is -1.48. The van der Waals surface area contributed by atoms with Gasteiger partial charge in [-0.25, -0.2) is 0 Å². The van der Waals surface area contributed by atoms with Gasteiger partial charge in [-0.05, 0) is 17.1 Å². The summed E-state index contributed by atoms with van der Waals surface area (Å²) in [7, 11) is 2.69. The molecule has 0 saturated carbocycles. The van der Waals surface area contributed by atoms with Crippen molar-refractivity contribution >= 4 is 11.5 Å². The molecule has 0 aliphatic heterocycles. The first-order chi connectivity index (χ1) is 14.5. The van der Waals surface area contributed by atoms with E-state index in [1.807, 2.05) is 12.1 Å². The lowest BCUT2D eigenvalue weighted by atomic mass is 9.57. The normalized spacial score (nSPS) is 21.3. The van der Waals surface area contributed by atoms with Gasteiger partial charge in [0.2, 0.25) is 0 Å². The predicted molar refractivity (Wildman–Crippen MR) is 108 cm³/mol. The molecular weight excluding hydrogens is 402 g/mol. The molecule has 0 amide bonds. The van der Waals surface area contributed by atoms with Crippen LogP contribution in [-0.4, -0.2) is 30.0 Å². The Labute approximate surface area is 179 Å². The summed E-state index contributed by atoms with van der Waals surface area (Å²) in [6, 6.07) is 6.52. The second kappa shape index (κ2) is 7.44. The van der Waals surface area contributed by atoms with Gasteiger partial charge in [-0.15, -0.1) is 0 Å². The highest BCUT2D eigenvalue weighted by Gasteiger charge is 2.54. The number of carbonyl (C=O) groups is 1. The molecule has 1 aromatic carbocycles. The van der Waals surface area contributed by atoms with Crippen molar-refractivity contribution in [2.45, 2.75) is 32.6 Å². The number of hydrogen-bond donors (Lipinski definition) is 1. The van der Waals surface area contributed by atoms with Gasteiger partial charge in [0.15, 0.2) is 22.7 Å². The van der Waals surface area contributed by atoms with Crippen molar-refractivity contribution in [2.75, 3.05) is 14.2 Å². The maximum absolute atomic E-state index is 12.8. The number of aliphatic hydroxyl groups is 1. The van der Waals surface area contributed by atoms with Crippen molar-refractivity contribution in [3.05, 3.63) is 50.8 Å². The summed E-state index contributed by atoms with van der Waals surface area (Å²) in [6.07, 6.45) is 1.48. The number of nitriles is 2. The topological polar surface area (TPSA) is 146 Å². The zero-order valence-corrected chi connectivity index (χ0v) is 17.6. The van der Waals surface area contributed by atoms with Crippen LogP contribution in [0.4, 0.5) is 5.69 Å². The van der Waals surface area contributed by atoms with Crippen LogP contribution in [-0.2, 0) is 4.79 Å². The molecule has 0 heterocycles. The zero-order chi connectivity index (χ0) is 23.1. The number of Topliss-reactive ketones (excluding diaryl/α,β-unsaturated/α-hetero) is 1. The van der Waals surface area contributed by atoms with Crippen molar-refractivity contribution in [1.29, 1.82) is 10.5 Å². The van der Waals surface area contributed by atoms with Crippen LogP contribution in [0.1, 0.15) is 38.2 Å². The molecule has 3 rings (SSSR count). The fourth-order valence-electron chi connectivity index (χ4n) is 4.40. The number of fused-ring (bicyclic) bond motifs is 1. The van der Waals surface area contributed by atoms with Gasteiger partial charge in [-0.3, -0.25) is 14.9 Å². The van der Waals surface area contributed by atoms with E-state index in [-0.39, 0.29) is 58.3 Å². The molecule has 0 radical (unpaired) electrons.